The van der Waals surface area contributed by atoms with Gasteiger partial charge in [0.1, 0.15) is 11.9 Å². The topological polar surface area (TPSA) is 30.5 Å². The normalized spacial score (nSPS) is 21.3. The molecule has 19 heavy (non-hydrogen) atoms. The molecule has 1 fully saturated rings. The minimum atomic E-state index is -0.168. The van der Waals surface area contributed by atoms with Gasteiger partial charge in [-0.2, -0.15) is 0 Å². The van der Waals surface area contributed by atoms with Crippen molar-refractivity contribution in [3.05, 3.63) is 35.1 Å². The van der Waals surface area contributed by atoms with Crippen molar-refractivity contribution in [1.29, 1.82) is 0 Å². The lowest BCUT2D eigenvalue weighted by Gasteiger charge is -2.31. The van der Waals surface area contributed by atoms with Gasteiger partial charge in [-0.1, -0.05) is 19.1 Å². The van der Waals surface area contributed by atoms with Crippen LogP contribution in [0.25, 0.3) is 0 Å². The molecule has 0 amide bonds. The predicted molar refractivity (Wildman–Crippen MR) is 72.7 cm³/mol. The number of aryl methyl sites for hydroxylation is 1. The van der Waals surface area contributed by atoms with Crippen molar-refractivity contribution in [3.63, 3.8) is 0 Å². The van der Waals surface area contributed by atoms with E-state index in [0.29, 0.717) is 25.4 Å². The highest BCUT2D eigenvalue weighted by Gasteiger charge is 2.26. The number of benzene rings is 1. The zero-order chi connectivity index (χ0) is 13.7. The largest absolute Gasteiger partial charge is 0.376 e. The first-order chi connectivity index (χ1) is 9.22. The Kier molecular flexibility index (Phi) is 5.31. The van der Waals surface area contributed by atoms with E-state index in [1.807, 2.05) is 12.1 Å². The average molecular weight is 267 g/mol. The Morgan fingerprint density at radius 3 is 2.89 bits per heavy atom. The molecule has 2 atom stereocenters. The molecular weight excluding hydrogens is 245 g/mol. The summed E-state index contributed by atoms with van der Waals surface area (Å²) in [5, 5.41) is 3.47. The Bertz CT molecular complexity index is 405. The van der Waals surface area contributed by atoms with Crippen LogP contribution in [0.5, 0.6) is 0 Å². The second kappa shape index (κ2) is 6.98. The van der Waals surface area contributed by atoms with Gasteiger partial charge in [0, 0.05) is 0 Å². The summed E-state index contributed by atoms with van der Waals surface area (Å²) in [6.45, 7) is 6.67. The molecule has 0 aromatic heterocycles. The quantitative estimate of drug-likeness (QED) is 0.889. The summed E-state index contributed by atoms with van der Waals surface area (Å²) in [7, 11) is 0. The van der Waals surface area contributed by atoms with Crippen LogP contribution in [0.1, 0.15) is 30.5 Å². The van der Waals surface area contributed by atoms with Crippen molar-refractivity contribution < 1.29 is 13.9 Å². The molecule has 3 nitrogen and oxygen atoms in total. The zero-order valence-corrected chi connectivity index (χ0v) is 11.6. The lowest BCUT2D eigenvalue weighted by atomic mass is 9.99. The molecule has 1 saturated heterocycles. The summed E-state index contributed by atoms with van der Waals surface area (Å²) in [5.41, 5.74) is 1.72. The maximum absolute atomic E-state index is 13.4. The van der Waals surface area contributed by atoms with Crippen LogP contribution in [-0.2, 0) is 9.47 Å². The molecule has 2 unspecified atom stereocenters. The van der Waals surface area contributed by atoms with Gasteiger partial charge in [-0.15, -0.1) is 0 Å². The second-order valence-electron chi connectivity index (χ2n) is 4.92. The van der Waals surface area contributed by atoms with Crippen LogP contribution < -0.4 is 5.32 Å². The number of hydrogen-bond donors (Lipinski definition) is 1. The van der Waals surface area contributed by atoms with Crippen LogP contribution in [0, 0.1) is 12.7 Å². The van der Waals surface area contributed by atoms with Gasteiger partial charge in [0.05, 0.1) is 25.9 Å². The van der Waals surface area contributed by atoms with Crippen molar-refractivity contribution in [3.8, 4) is 0 Å². The summed E-state index contributed by atoms with van der Waals surface area (Å²) < 4.78 is 24.6. The van der Waals surface area contributed by atoms with Gasteiger partial charge in [-0.3, -0.25) is 0 Å². The van der Waals surface area contributed by atoms with Crippen LogP contribution in [0.15, 0.2) is 18.2 Å². The lowest BCUT2D eigenvalue weighted by molar-refractivity contribution is -0.102. The molecule has 0 aliphatic carbocycles. The summed E-state index contributed by atoms with van der Waals surface area (Å²) in [6, 6.07) is 5.29. The summed E-state index contributed by atoms with van der Waals surface area (Å²) in [5.74, 6) is -0.168. The van der Waals surface area contributed by atoms with Crippen molar-refractivity contribution in [1.82, 2.24) is 5.32 Å². The summed E-state index contributed by atoms with van der Waals surface area (Å²) in [4.78, 5) is 0. The van der Waals surface area contributed by atoms with Gasteiger partial charge in [-0.25, -0.2) is 4.39 Å². The van der Waals surface area contributed by atoms with E-state index < -0.39 is 0 Å². The first kappa shape index (κ1) is 14.4. The van der Waals surface area contributed by atoms with Gasteiger partial charge < -0.3 is 14.8 Å². The first-order valence-corrected chi connectivity index (χ1v) is 6.91. The standard InChI is InChI=1S/C15H22FNO2/c1-3-6-17-15(14-10-18-7-8-19-14)12-4-5-13(16)11(2)9-12/h4-5,9,14-15,17H,3,6-8,10H2,1-2H3. The number of hydrogen-bond acceptors (Lipinski definition) is 3. The molecule has 4 heteroatoms. The maximum atomic E-state index is 13.4. The maximum Gasteiger partial charge on any atom is 0.126 e. The van der Waals surface area contributed by atoms with E-state index >= 15 is 0 Å². The molecule has 106 valence electrons. The highest BCUT2D eigenvalue weighted by molar-refractivity contribution is 5.27. The van der Waals surface area contributed by atoms with Crippen molar-refractivity contribution in [2.24, 2.45) is 0 Å². The Morgan fingerprint density at radius 2 is 2.26 bits per heavy atom. The molecule has 0 bridgehead atoms. The molecule has 1 aromatic carbocycles. The van der Waals surface area contributed by atoms with Gasteiger partial charge in [0.25, 0.3) is 0 Å². The third-order valence-electron chi connectivity index (χ3n) is 3.37. The number of rotatable bonds is 5. The van der Waals surface area contributed by atoms with E-state index in [9.17, 15) is 4.39 Å². The van der Waals surface area contributed by atoms with E-state index in [1.165, 1.54) is 6.07 Å². The van der Waals surface area contributed by atoms with Crippen LogP contribution in [0.4, 0.5) is 4.39 Å². The van der Waals surface area contributed by atoms with Crippen LogP contribution in [-0.4, -0.2) is 32.5 Å². The van der Waals surface area contributed by atoms with Gasteiger partial charge >= 0.3 is 0 Å². The van der Waals surface area contributed by atoms with Crippen molar-refractivity contribution >= 4 is 0 Å². The number of ether oxygens (including phenoxy) is 2. The zero-order valence-electron chi connectivity index (χ0n) is 11.6. The molecule has 1 heterocycles. The Balaban J connectivity index is 2.17. The van der Waals surface area contributed by atoms with Gasteiger partial charge in [-0.05, 0) is 37.1 Å². The van der Waals surface area contributed by atoms with Crippen molar-refractivity contribution in [2.75, 3.05) is 26.4 Å². The third-order valence-corrected chi connectivity index (χ3v) is 3.37. The van der Waals surface area contributed by atoms with Crippen LogP contribution >= 0.6 is 0 Å². The molecule has 0 saturated carbocycles. The Morgan fingerprint density at radius 1 is 1.42 bits per heavy atom. The van der Waals surface area contributed by atoms with E-state index in [2.05, 4.69) is 12.2 Å². The SMILES string of the molecule is CCCNC(c1ccc(F)c(C)c1)C1COCCO1. The minimum Gasteiger partial charge on any atom is -0.376 e. The highest BCUT2D eigenvalue weighted by atomic mass is 19.1. The van der Waals surface area contributed by atoms with Crippen molar-refractivity contribution in [2.45, 2.75) is 32.4 Å². The second-order valence-corrected chi connectivity index (χ2v) is 4.92. The molecule has 1 aliphatic rings. The van der Waals surface area contributed by atoms with E-state index in [1.54, 1.807) is 6.92 Å². The summed E-state index contributed by atoms with van der Waals surface area (Å²) >= 11 is 0. The van der Waals surface area contributed by atoms with E-state index in [0.717, 1.165) is 18.5 Å². The molecule has 1 aliphatic heterocycles. The first-order valence-electron chi connectivity index (χ1n) is 6.91. The molecule has 1 aromatic rings. The number of nitrogens with one attached hydrogen (secondary N) is 1. The number of halogens is 1. The fraction of sp³-hybridized carbons (Fsp3) is 0.600. The van der Waals surface area contributed by atoms with Crippen LogP contribution in [0.2, 0.25) is 0 Å². The molecular formula is C15H22FNO2. The molecule has 0 spiro atoms. The van der Waals surface area contributed by atoms with Gasteiger partial charge in [0.2, 0.25) is 0 Å². The summed E-state index contributed by atoms with van der Waals surface area (Å²) in [6.07, 6.45) is 1.04. The molecule has 0 radical (unpaired) electrons. The fourth-order valence-corrected chi connectivity index (χ4v) is 2.32. The van der Waals surface area contributed by atoms with E-state index in [-0.39, 0.29) is 18.0 Å². The van der Waals surface area contributed by atoms with E-state index in [4.69, 9.17) is 9.47 Å². The highest BCUT2D eigenvalue weighted by Crippen LogP contribution is 2.23. The monoisotopic (exact) mass is 267 g/mol. The molecule has 2 rings (SSSR count). The fourth-order valence-electron chi connectivity index (χ4n) is 2.32. The Hall–Kier alpha value is -0.970. The smallest absolute Gasteiger partial charge is 0.126 e. The predicted octanol–water partition coefficient (Wildman–Crippen LogP) is 2.59. The lowest BCUT2D eigenvalue weighted by Crippen LogP contribution is -2.40. The average Bonchev–Trinajstić information content (AvgIpc) is 2.44. The molecule has 1 N–H and O–H groups in total. The van der Waals surface area contributed by atoms with Gasteiger partial charge in [0.15, 0.2) is 0 Å². The van der Waals surface area contributed by atoms with Crippen LogP contribution in [0.3, 0.4) is 0 Å². The Labute approximate surface area is 114 Å². The minimum absolute atomic E-state index is 0.00911. The third kappa shape index (κ3) is 3.75.